The quantitative estimate of drug-likeness (QED) is 0.748. The standard InChI is InChI=1S/C17H15N3O4S/c1-11-2-4-12(5-3-11)15-10-20(17(21)22)19-16(15)13-6-8-14(9-7-13)25(18,23)24/h2-10H,1H3,(H,21,22)(H2,18,23,24). The molecule has 1 heterocycles. The average molecular weight is 357 g/mol. The van der Waals surface area contributed by atoms with E-state index in [0.717, 1.165) is 15.8 Å². The highest BCUT2D eigenvalue weighted by molar-refractivity contribution is 7.89. The molecule has 1 aromatic heterocycles. The maximum Gasteiger partial charge on any atom is 0.432 e. The van der Waals surface area contributed by atoms with Gasteiger partial charge in [0.25, 0.3) is 0 Å². The summed E-state index contributed by atoms with van der Waals surface area (Å²) in [5.41, 5.74) is 3.54. The number of hydrogen-bond acceptors (Lipinski definition) is 4. The van der Waals surface area contributed by atoms with Crippen LogP contribution in [0.4, 0.5) is 4.79 Å². The van der Waals surface area contributed by atoms with Crippen molar-refractivity contribution in [3.05, 3.63) is 60.3 Å². The molecule has 8 heteroatoms. The lowest BCUT2D eigenvalue weighted by atomic mass is 10.0. The summed E-state index contributed by atoms with van der Waals surface area (Å²) in [6.45, 7) is 1.96. The van der Waals surface area contributed by atoms with Gasteiger partial charge in [0.05, 0.1) is 4.90 Å². The molecule has 3 N–H and O–H groups in total. The molecule has 0 saturated heterocycles. The third-order valence-corrected chi connectivity index (χ3v) is 4.66. The fourth-order valence-electron chi connectivity index (χ4n) is 2.43. The Bertz CT molecular complexity index is 1040. The maximum absolute atomic E-state index is 11.4. The molecule has 3 aromatic rings. The molecule has 0 aliphatic heterocycles. The lowest BCUT2D eigenvalue weighted by molar-refractivity contribution is 0.192. The van der Waals surface area contributed by atoms with Gasteiger partial charge in [0.2, 0.25) is 10.0 Å². The summed E-state index contributed by atoms with van der Waals surface area (Å²) in [4.78, 5) is 11.3. The van der Waals surface area contributed by atoms with Crippen molar-refractivity contribution in [2.45, 2.75) is 11.8 Å². The number of primary sulfonamides is 1. The molecule has 0 atom stereocenters. The van der Waals surface area contributed by atoms with Crippen LogP contribution in [0.15, 0.2) is 59.6 Å². The van der Waals surface area contributed by atoms with Crippen LogP contribution in [0.5, 0.6) is 0 Å². The summed E-state index contributed by atoms with van der Waals surface area (Å²) in [6, 6.07) is 13.4. The van der Waals surface area contributed by atoms with Crippen molar-refractivity contribution in [2.75, 3.05) is 0 Å². The summed E-state index contributed by atoms with van der Waals surface area (Å²) in [5.74, 6) is 0. The molecule has 0 amide bonds. The number of sulfonamides is 1. The highest BCUT2D eigenvalue weighted by Gasteiger charge is 2.17. The van der Waals surface area contributed by atoms with E-state index in [1.165, 1.54) is 18.3 Å². The van der Waals surface area contributed by atoms with Gasteiger partial charge in [0.1, 0.15) is 5.69 Å². The number of nitrogens with zero attached hydrogens (tertiary/aromatic N) is 2. The van der Waals surface area contributed by atoms with E-state index >= 15 is 0 Å². The molecule has 128 valence electrons. The van der Waals surface area contributed by atoms with E-state index in [2.05, 4.69) is 5.10 Å². The monoisotopic (exact) mass is 357 g/mol. The van der Waals surface area contributed by atoms with Crippen molar-refractivity contribution in [1.82, 2.24) is 9.78 Å². The fourth-order valence-corrected chi connectivity index (χ4v) is 2.95. The molecular weight excluding hydrogens is 342 g/mol. The van der Waals surface area contributed by atoms with Gasteiger partial charge in [0.15, 0.2) is 0 Å². The average Bonchev–Trinajstić information content (AvgIpc) is 3.00. The molecule has 25 heavy (non-hydrogen) atoms. The number of nitrogens with two attached hydrogens (primary N) is 1. The van der Waals surface area contributed by atoms with E-state index in [4.69, 9.17) is 5.14 Å². The van der Waals surface area contributed by atoms with Crippen LogP contribution >= 0.6 is 0 Å². The summed E-state index contributed by atoms with van der Waals surface area (Å²) in [7, 11) is -3.80. The lowest BCUT2D eigenvalue weighted by Crippen LogP contribution is -2.11. The third kappa shape index (κ3) is 3.44. The van der Waals surface area contributed by atoms with Crippen molar-refractivity contribution in [3.63, 3.8) is 0 Å². The normalized spacial score (nSPS) is 11.4. The SMILES string of the molecule is Cc1ccc(-c2cn(C(=O)O)nc2-c2ccc(S(N)(=O)=O)cc2)cc1. The molecule has 0 saturated carbocycles. The Labute approximate surface area is 144 Å². The lowest BCUT2D eigenvalue weighted by Gasteiger charge is -2.04. The van der Waals surface area contributed by atoms with E-state index in [-0.39, 0.29) is 4.90 Å². The number of rotatable bonds is 3. The second-order valence-corrected chi connectivity index (χ2v) is 7.12. The van der Waals surface area contributed by atoms with Crippen molar-refractivity contribution >= 4 is 16.1 Å². The van der Waals surface area contributed by atoms with E-state index in [9.17, 15) is 18.3 Å². The van der Waals surface area contributed by atoms with Crippen LogP contribution in [0.1, 0.15) is 5.56 Å². The molecule has 0 radical (unpaired) electrons. The van der Waals surface area contributed by atoms with Crippen molar-refractivity contribution in [3.8, 4) is 22.4 Å². The van der Waals surface area contributed by atoms with Crippen LogP contribution in [0, 0.1) is 6.92 Å². The molecule has 7 nitrogen and oxygen atoms in total. The van der Waals surface area contributed by atoms with Gasteiger partial charge in [-0.2, -0.15) is 9.78 Å². The zero-order valence-corrected chi connectivity index (χ0v) is 14.1. The first-order chi connectivity index (χ1) is 11.8. The smallest absolute Gasteiger partial charge is 0.432 e. The second kappa shape index (κ2) is 6.15. The molecule has 0 aliphatic rings. The van der Waals surface area contributed by atoms with Gasteiger partial charge in [-0.25, -0.2) is 18.4 Å². The molecule has 0 fully saturated rings. The number of carbonyl (C=O) groups is 1. The van der Waals surface area contributed by atoms with E-state index in [0.29, 0.717) is 16.8 Å². The highest BCUT2D eigenvalue weighted by Crippen LogP contribution is 2.31. The zero-order chi connectivity index (χ0) is 18.2. The molecule has 3 rings (SSSR count). The molecule has 0 spiro atoms. The van der Waals surface area contributed by atoms with Crippen molar-refractivity contribution < 1.29 is 18.3 Å². The van der Waals surface area contributed by atoms with Gasteiger partial charge in [-0.15, -0.1) is 0 Å². The van der Waals surface area contributed by atoms with Crippen LogP contribution in [0.25, 0.3) is 22.4 Å². The minimum atomic E-state index is -3.80. The Morgan fingerprint density at radius 1 is 1.04 bits per heavy atom. The number of benzene rings is 2. The highest BCUT2D eigenvalue weighted by atomic mass is 32.2. The Kier molecular flexibility index (Phi) is 4.15. The first kappa shape index (κ1) is 16.9. The zero-order valence-electron chi connectivity index (χ0n) is 13.2. The van der Waals surface area contributed by atoms with Crippen LogP contribution < -0.4 is 5.14 Å². The van der Waals surface area contributed by atoms with Gasteiger partial charge >= 0.3 is 6.09 Å². The minimum absolute atomic E-state index is 0.0224. The van der Waals surface area contributed by atoms with Gasteiger partial charge < -0.3 is 5.11 Å². The number of aromatic nitrogens is 2. The number of aryl methyl sites for hydroxylation is 1. The Morgan fingerprint density at radius 3 is 2.12 bits per heavy atom. The Balaban J connectivity index is 2.14. The van der Waals surface area contributed by atoms with Gasteiger partial charge in [-0.1, -0.05) is 42.0 Å². The van der Waals surface area contributed by atoms with E-state index < -0.39 is 16.1 Å². The minimum Gasteiger partial charge on any atom is -0.463 e. The predicted molar refractivity (Wildman–Crippen MR) is 92.6 cm³/mol. The van der Waals surface area contributed by atoms with Crippen LogP contribution in [-0.2, 0) is 10.0 Å². The van der Waals surface area contributed by atoms with Crippen LogP contribution in [0.2, 0.25) is 0 Å². The first-order valence-corrected chi connectivity index (χ1v) is 8.83. The maximum atomic E-state index is 11.4. The van der Waals surface area contributed by atoms with E-state index in [1.807, 2.05) is 31.2 Å². The molecule has 0 bridgehead atoms. The van der Waals surface area contributed by atoms with Crippen LogP contribution in [0.3, 0.4) is 0 Å². The van der Waals surface area contributed by atoms with Gasteiger partial charge in [-0.05, 0) is 24.6 Å². The van der Waals surface area contributed by atoms with Crippen molar-refractivity contribution in [2.24, 2.45) is 5.14 Å². The Hall–Kier alpha value is -2.97. The summed E-state index contributed by atoms with van der Waals surface area (Å²) in [6.07, 6.45) is 0.219. The van der Waals surface area contributed by atoms with Gasteiger partial charge in [-0.3, -0.25) is 0 Å². The predicted octanol–water partition coefficient (Wildman–Crippen LogP) is 2.70. The van der Waals surface area contributed by atoms with Gasteiger partial charge in [0, 0.05) is 17.3 Å². The molecule has 0 aliphatic carbocycles. The molecule has 2 aromatic carbocycles. The Morgan fingerprint density at radius 2 is 1.60 bits per heavy atom. The summed E-state index contributed by atoms with van der Waals surface area (Å²) < 4.78 is 23.6. The third-order valence-electron chi connectivity index (χ3n) is 3.73. The molecule has 0 unspecified atom stereocenters. The number of hydrogen-bond donors (Lipinski definition) is 2. The largest absolute Gasteiger partial charge is 0.463 e. The molecular formula is C17H15N3O4S. The summed E-state index contributed by atoms with van der Waals surface area (Å²) in [5, 5.41) is 18.4. The topological polar surface area (TPSA) is 115 Å². The fraction of sp³-hybridized carbons (Fsp3) is 0.0588. The van der Waals surface area contributed by atoms with Crippen molar-refractivity contribution in [1.29, 1.82) is 0 Å². The first-order valence-electron chi connectivity index (χ1n) is 7.29. The second-order valence-electron chi connectivity index (χ2n) is 5.55. The van der Waals surface area contributed by atoms with Crippen LogP contribution in [-0.4, -0.2) is 29.4 Å². The summed E-state index contributed by atoms with van der Waals surface area (Å²) >= 11 is 0. The van der Waals surface area contributed by atoms with E-state index in [1.54, 1.807) is 12.1 Å². The number of carboxylic acid groups (broad SMARTS) is 1.